The first-order valence-electron chi connectivity index (χ1n) is 8.80. The van der Waals surface area contributed by atoms with Gasteiger partial charge in [-0.2, -0.15) is 0 Å². The molecule has 1 N–H and O–H groups in total. The minimum Gasteiger partial charge on any atom is -0.369 e. The molecule has 1 fully saturated rings. The summed E-state index contributed by atoms with van der Waals surface area (Å²) in [6, 6.07) is 9.58. The second-order valence-corrected chi connectivity index (χ2v) is 7.27. The third-order valence-corrected chi connectivity index (χ3v) is 5.31. The third kappa shape index (κ3) is 3.60. The number of hydrogen-bond acceptors (Lipinski definition) is 2. The first kappa shape index (κ1) is 14.9. The average molecular weight is 286 g/mol. The van der Waals surface area contributed by atoms with Gasteiger partial charge in [-0.15, -0.1) is 0 Å². The van der Waals surface area contributed by atoms with E-state index in [0.29, 0.717) is 12.0 Å². The Morgan fingerprint density at radius 1 is 1.14 bits per heavy atom. The predicted molar refractivity (Wildman–Crippen MR) is 90.7 cm³/mol. The maximum atomic E-state index is 3.76. The van der Waals surface area contributed by atoms with Crippen LogP contribution in [0.1, 0.15) is 51.5 Å². The van der Waals surface area contributed by atoms with Crippen molar-refractivity contribution in [1.29, 1.82) is 0 Å². The highest BCUT2D eigenvalue weighted by molar-refractivity contribution is 5.54. The van der Waals surface area contributed by atoms with Gasteiger partial charge in [0.1, 0.15) is 0 Å². The van der Waals surface area contributed by atoms with E-state index >= 15 is 0 Å². The summed E-state index contributed by atoms with van der Waals surface area (Å²) in [5.41, 5.74) is 2.94. The van der Waals surface area contributed by atoms with Crippen LogP contribution in [-0.4, -0.2) is 19.1 Å². The Kier molecular flexibility index (Phi) is 4.84. The van der Waals surface area contributed by atoms with Crippen molar-refractivity contribution in [1.82, 2.24) is 5.32 Å². The Hall–Kier alpha value is -1.02. The largest absolute Gasteiger partial charge is 0.369 e. The fourth-order valence-electron chi connectivity index (χ4n) is 3.91. The van der Waals surface area contributed by atoms with Crippen molar-refractivity contribution in [2.75, 3.05) is 18.0 Å². The first-order valence-corrected chi connectivity index (χ1v) is 8.80. The Labute approximate surface area is 129 Å². The Morgan fingerprint density at radius 3 is 2.67 bits per heavy atom. The van der Waals surface area contributed by atoms with Crippen molar-refractivity contribution in [2.45, 2.75) is 58.5 Å². The topological polar surface area (TPSA) is 15.3 Å². The van der Waals surface area contributed by atoms with Crippen molar-refractivity contribution in [3.8, 4) is 0 Å². The summed E-state index contributed by atoms with van der Waals surface area (Å²) >= 11 is 0. The molecule has 2 aliphatic rings. The molecule has 116 valence electrons. The van der Waals surface area contributed by atoms with Crippen LogP contribution in [0, 0.1) is 11.8 Å². The number of nitrogens with one attached hydrogen (secondary N) is 1. The number of benzene rings is 1. The molecule has 1 saturated carbocycles. The Bertz CT molecular complexity index is 449. The monoisotopic (exact) mass is 286 g/mol. The summed E-state index contributed by atoms with van der Waals surface area (Å²) < 4.78 is 0. The Morgan fingerprint density at radius 2 is 1.90 bits per heavy atom. The van der Waals surface area contributed by atoms with Crippen LogP contribution in [0.3, 0.4) is 0 Å². The maximum Gasteiger partial charge on any atom is 0.0412 e. The van der Waals surface area contributed by atoms with E-state index in [0.717, 1.165) is 19.0 Å². The summed E-state index contributed by atoms with van der Waals surface area (Å²) in [5.74, 6) is 1.59. The summed E-state index contributed by atoms with van der Waals surface area (Å²) in [5, 5.41) is 3.76. The number of hydrogen-bond donors (Lipinski definition) is 1. The first-order chi connectivity index (χ1) is 10.2. The molecule has 0 radical (unpaired) electrons. The summed E-state index contributed by atoms with van der Waals surface area (Å²) in [7, 11) is 0. The predicted octanol–water partition coefficient (Wildman–Crippen LogP) is 4.20. The van der Waals surface area contributed by atoms with Gasteiger partial charge in [0.2, 0.25) is 0 Å². The van der Waals surface area contributed by atoms with Gasteiger partial charge in [-0.1, -0.05) is 51.3 Å². The minimum atomic E-state index is 0.598. The zero-order valence-electron chi connectivity index (χ0n) is 13.6. The Balaban J connectivity index is 1.79. The zero-order chi connectivity index (χ0) is 14.7. The molecule has 0 amide bonds. The lowest BCUT2D eigenvalue weighted by Gasteiger charge is -2.34. The van der Waals surface area contributed by atoms with E-state index < -0.39 is 0 Å². The van der Waals surface area contributed by atoms with Gasteiger partial charge in [0.25, 0.3) is 0 Å². The van der Waals surface area contributed by atoms with Crippen LogP contribution in [0.25, 0.3) is 0 Å². The van der Waals surface area contributed by atoms with E-state index in [2.05, 4.69) is 48.3 Å². The van der Waals surface area contributed by atoms with Crippen LogP contribution in [0.2, 0.25) is 0 Å². The minimum absolute atomic E-state index is 0.598. The highest BCUT2D eigenvalue weighted by Crippen LogP contribution is 2.30. The zero-order valence-corrected chi connectivity index (χ0v) is 13.6. The number of fused-ring (bicyclic) bond motifs is 1. The van der Waals surface area contributed by atoms with Gasteiger partial charge in [-0.05, 0) is 36.3 Å². The molecule has 3 rings (SSSR count). The van der Waals surface area contributed by atoms with Crippen molar-refractivity contribution < 1.29 is 0 Å². The van der Waals surface area contributed by atoms with E-state index in [4.69, 9.17) is 0 Å². The lowest BCUT2D eigenvalue weighted by atomic mass is 9.88. The molecule has 1 atom stereocenters. The van der Waals surface area contributed by atoms with Crippen molar-refractivity contribution in [2.24, 2.45) is 11.8 Å². The molecule has 1 aliphatic heterocycles. The normalized spacial score (nSPS) is 24.0. The summed E-state index contributed by atoms with van der Waals surface area (Å²) in [4.78, 5) is 2.68. The van der Waals surface area contributed by atoms with E-state index in [1.807, 2.05) is 0 Å². The van der Waals surface area contributed by atoms with E-state index in [-0.39, 0.29) is 0 Å². The molecule has 1 unspecified atom stereocenters. The van der Waals surface area contributed by atoms with E-state index in [1.165, 1.54) is 49.9 Å². The summed E-state index contributed by atoms with van der Waals surface area (Å²) in [6.07, 6.45) is 7.18. The standard InChI is InChI=1S/C19H30N2/c1-15(2)18-14-21(13-16-8-4-3-5-9-16)19-11-7-6-10-17(19)12-20-18/h6-7,10-11,15-16,18,20H,3-5,8-9,12-14H2,1-2H3. The van der Waals surface area contributed by atoms with Crippen LogP contribution in [0.4, 0.5) is 5.69 Å². The SMILES string of the molecule is CC(C)C1CN(CC2CCCCC2)c2ccccc2CN1. The van der Waals surface area contributed by atoms with Gasteiger partial charge in [0.15, 0.2) is 0 Å². The molecule has 0 spiro atoms. The van der Waals surface area contributed by atoms with Crippen LogP contribution in [-0.2, 0) is 6.54 Å². The van der Waals surface area contributed by atoms with Crippen molar-refractivity contribution >= 4 is 5.69 Å². The van der Waals surface area contributed by atoms with Gasteiger partial charge in [-0.3, -0.25) is 0 Å². The quantitative estimate of drug-likeness (QED) is 0.896. The van der Waals surface area contributed by atoms with Gasteiger partial charge >= 0.3 is 0 Å². The van der Waals surface area contributed by atoms with Gasteiger partial charge in [-0.25, -0.2) is 0 Å². The van der Waals surface area contributed by atoms with Crippen LogP contribution in [0.5, 0.6) is 0 Å². The number of rotatable bonds is 3. The smallest absolute Gasteiger partial charge is 0.0412 e. The lowest BCUT2D eigenvalue weighted by Crippen LogP contribution is -2.43. The van der Waals surface area contributed by atoms with E-state index in [9.17, 15) is 0 Å². The molecule has 1 aromatic rings. The molecule has 2 nitrogen and oxygen atoms in total. The second kappa shape index (κ2) is 6.83. The summed E-state index contributed by atoms with van der Waals surface area (Å²) in [6.45, 7) is 8.10. The number of anilines is 1. The highest BCUT2D eigenvalue weighted by atomic mass is 15.2. The lowest BCUT2D eigenvalue weighted by molar-refractivity contribution is 0.344. The molecule has 1 heterocycles. The maximum absolute atomic E-state index is 3.76. The fourth-order valence-corrected chi connectivity index (χ4v) is 3.91. The van der Waals surface area contributed by atoms with Gasteiger partial charge in [0, 0.05) is 31.4 Å². The highest BCUT2D eigenvalue weighted by Gasteiger charge is 2.25. The van der Waals surface area contributed by atoms with E-state index in [1.54, 1.807) is 0 Å². The third-order valence-electron chi connectivity index (χ3n) is 5.31. The van der Waals surface area contributed by atoms with Gasteiger partial charge in [0.05, 0.1) is 0 Å². The molecule has 1 aliphatic carbocycles. The average Bonchev–Trinajstić information content (AvgIpc) is 2.69. The number of nitrogens with zero attached hydrogens (tertiary/aromatic N) is 1. The van der Waals surface area contributed by atoms with Crippen LogP contribution in [0.15, 0.2) is 24.3 Å². The molecule has 0 saturated heterocycles. The second-order valence-electron chi connectivity index (χ2n) is 7.27. The number of para-hydroxylation sites is 1. The van der Waals surface area contributed by atoms with Crippen molar-refractivity contribution in [3.05, 3.63) is 29.8 Å². The fraction of sp³-hybridized carbons (Fsp3) is 0.684. The van der Waals surface area contributed by atoms with Gasteiger partial charge < -0.3 is 10.2 Å². The molecular formula is C19H30N2. The molecule has 21 heavy (non-hydrogen) atoms. The van der Waals surface area contributed by atoms with Crippen LogP contribution >= 0.6 is 0 Å². The molecule has 2 heteroatoms. The molecule has 0 bridgehead atoms. The molecule has 1 aromatic carbocycles. The van der Waals surface area contributed by atoms with Crippen LogP contribution < -0.4 is 10.2 Å². The molecular weight excluding hydrogens is 256 g/mol. The molecule has 0 aromatic heterocycles. The van der Waals surface area contributed by atoms with Crippen molar-refractivity contribution in [3.63, 3.8) is 0 Å².